The van der Waals surface area contributed by atoms with Crippen LogP contribution in [0.15, 0.2) is 30.0 Å². The second-order valence-electron chi connectivity index (χ2n) is 4.78. The monoisotopic (exact) mass is 292 g/mol. The maximum Gasteiger partial charge on any atom is 0.312 e. The highest BCUT2D eigenvalue weighted by Gasteiger charge is 2.55. The molecule has 2 aliphatic rings. The van der Waals surface area contributed by atoms with E-state index in [9.17, 15) is 4.79 Å². The van der Waals surface area contributed by atoms with Crippen molar-refractivity contribution in [2.75, 3.05) is 21.3 Å². The van der Waals surface area contributed by atoms with Crippen molar-refractivity contribution < 1.29 is 28.5 Å². The largest absolute Gasteiger partial charge is 0.501 e. The van der Waals surface area contributed by atoms with Gasteiger partial charge < -0.3 is 23.7 Å². The molecule has 0 radical (unpaired) electrons. The van der Waals surface area contributed by atoms with Crippen LogP contribution in [0.2, 0.25) is 0 Å². The Balaban J connectivity index is 2.03. The minimum absolute atomic E-state index is 0.334. The Kier molecular flexibility index (Phi) is 3.25. The van der Waals surface area contributed by atoms with Gasteiger partial charge in [0.2, 0.25) is 5.78 Å². The summed E-state index contributed by atoms with van der Waals surface area (Å²) in [7, 11) is 4.51. The normalized spacial score (nSPS) is 26.7. The van der Waals surface area contributed by atoms with E-state index in [1.807, 2.05) is 0 Å². The van der Waals surface area contributed by atoms with Crippen LogP contribution in [-0.2, 0) is 14.3 Å². The standard InChI is InChI=1S/C15H16O6/c1-17-9-4-5-11-12(6-9)20-14-8-10(18-2)7-13(16)15(14,19-3)21-11/h4-7,14H,8H2,1-3H3. The summed E-state index contributed by atoms with van der Waals surface area (Å²) in [6.07, 6.45) is 1.15. The SMILES string of the molecule is COC1=CC(=O)C2(OC)Oc3ccc(OC)cc3OC2C1. The van der Waals surface area contributed by atoms with Crippen molar-refractivity contribution >= 4 is 5.78 Å². The highest BCUT2D eigenvalue weighted by atomic mass is 16.7. The summed E-state index contributed by atoms with van der Waals surface area (Å²) in [5.74, 6) is 0.330. The van der Waals surface area contributed by atoms with Gasteiger partial charge in [-0.2, -0.15) is 0 Å². The Morgan fingerprint density at radius 3 is 2.67 bits per heavy atom. The Hall–Kier alpha value is -2.21. The van der Waals surface area contributed by atoms with Crippen LogP contribution in [0.4, 0.5) is 0 Å². The van der Waals surface area contributed by atoms with Gasteiger partial charge in [0.15, 0.2) is 17.6 Å². The number of methoxy groups -OCH3 is 3. The fraction of sp³-hybridized carbons (Fsp3) is 0.400. The summed E-state index contributed by atoms with van der Waals surface area (Å²) < 4.78 is 27.4. The molecule has 1 aromatic rings. The number of benzene rings is 1. The first-order valence-electron chi connectivity index (χ1n) is 6.51. The highest BCUT2D eigenvalue weighted by Crippen LogP contribution is 2.44. The van der Waals surface area contributed by atoms with Crippen LogP contribution in [0.5, 0.6) is 17.2 Å². The van der Waals surface area contributed by atoms with Gasteiger partial charge in [0, 0.05) is 25.7 Å². The maximum atomic E-state index is 12.4. The predicted octanol–water partition coefficient (Wildman–Crippen LogP) is 1.68. The molecule has 0 N–H and O–H groups in total. The Morgan fingerprint density at radius 2 is 2.00 bits per heavy atom. The van der Waals surface area contributed by atoms with Crippen LogP contribution < -0.4 is 14.2 Å². The molecule has 0 bridgehead atoms. The second-order valence-corrected chi connectivity index (χ2v) is 4.78. The van der Waals surface area contributed by atoms with Crippen LogP contribution >= 0.6 is 0 Å². The number of hydrogen-bond acceptors (Lipinski definition) is 6. The highest BCUT2D eigenvalue weighted by molar-refractivity contribution is 5.98. The lowest BCUT2D eigenvalue weighted by molar-refractivity contribution is -0.223. The van der Waals surface area contributed by atoms with E-state index in [1.165, 1.54) is 20.3 Å². The molecule has 0 spiro atoms. The van der Waals surface area contributed by atoms with E-state index in [2.05, 4.69) is 0 Å². The van der Waals surface area contributed by atoms with Crippen molar-refractivity contribution in [1.29, 1.82) is 0 Å². The molecule has 1 heterocycles. The minimum atomic E-state index is -1.47. The number of carbonyl (C=O) groups is 1. The molecule has 1 aliphatic heterocycles. The van der Waals surface area contributed by atoms with E-state index in [0.717, 1.165) is 0 Å². The van der Waals surface area contributed by atoms with E-state index in [1.54, 1.807) is 25.3 Å². The Labute approximate surface area is 122 Å². The van der Waals surface area contributed by atoms with Crippen molar-refractivity contribution in [3.05, 3.63) is 30.0 Å². The zero-order valence-electron chi connectivity index (χ0n) is 12.0. The molecule has 112 valence electrons. The minimum Gasteiger partial charge on any atom is -0.501 e. The molecule has 6 heteroatoms. The molecule has 2 unspecified atom stereocenters. The molecule has 3 rings (SSSR count). The molecule has 0 amide bonds. The molecule has 0 saturated carbocycles. The molecule has 0 fully saturated rings. The van der Waals surface area contributed by atoms with Crippen LogP contribution in [0.1, 0.15) is 6.42 Å². The molecule has 2 atom stereocenters. The van der Waals surface area contributed by atoms with Crippen LogP contribution in [0.3, 0.4) is 0 Å². The van der Waals surface area contributed by atoms with E-state index in [0.29, 0.717) is 29.4 Å². The van der Waals surface area contributed by atoms with Crippen molar-refractivity contribution in [1.82, 2.24) is 0 Å². The van der Waals surface area contributed by atoms with Crippen LogP contribution in [-0.4, -0.2) is 39.0 Å². The molecule has 1 aliphatic carbocycles. The second kappa shape index (κ2) is 4.96. The quantitative estimate of drug-likeness (QED) is 0.844. The summed E-state index contributed by atoms with van der Waals surface area (Å²) in [5, 5.41) is 0. The Bertz CT molecular complexity index is 608. The van der Waals surface area contributed by atoms with Gasteiger partial charge in [0.05, 0.1) is 14.2 Å². The van der Waals surface area contributed by atoms with E-state index in [4.69, 9.17) is 23.7 Å². The number of ketones is 1. The molecular weight excluding hydrogens is 276 g/mol. The maximum absolute atomic E-state index is 12.4. The number of carbonyl (C=O) groups excluding carboxylic acids is 1. The number of rotatable bonds is 3. The lowest BCUT2D eigenvalue weighted by atomic mass is 9.93. The Morgan fingerprint density at radius 1 is 1.19 bits per heavy atom. The fourth-order valence-corrected chi connectivity index (χ4v) is 2.54. The van der Waals surface area contributed by atoms with Crippen molar-refractivity contribution in [3.63, 3.8) is 0 Å². The zero-order valence-corrected chi connectivity index (χ0v) is 12.0. The third-order valence-corrected chi connectivity index (χ3v) is 3.69. The molecule has 0 aromatic heterocycles. The smallest absolute Gasteiger partial charge is 0.312 e. The summed E-state index contributed by atoms with van der Waals surface area (Å²) in [4.78, 5) is 12.4. The molecule has 6 nitrogen and oxygen atoms in total. The van der Waals surface area contributed by atoms with Gasteiger partial charge in [-0.25, -0.2) is 0 Å². The first kappa shape index (κ1) is 13.8. The zero-order chi connectivity index (χ0) is 15.0. The van der Waals surface area contributed by atoms with Gasteiger partial charge in [-0.05, 0) is 12.1 Å². The molecule has 0 saturated heterocycles. The first-order valence-corrected chi connectivity index (χ1v) is 6.51. The van der Waals surface area contributed by atoms with Gasteiger partial charge in [0.1, 0.15) is 11.5 Å². The summed E-state index contributed by atoms with van der Waals surface area (Å²) in [6, 6.07) is 5.13. The van der Waals surface area contributed by atoms with Gasteiger partial charge in [-0.15, -0.1) is 0 Å². The number of fused-ring (bicyclic) bond motifs is 2. The van der Waals surface area contributed by atoms with E-state index >= 15 is 0 Å². The third-order valence-electron chi connectivity index (χ3n) is 3.69. The number of hydrogen-bond donors (Lipinski definition) is 0. The van der Waals surface area contributed by atoms with Gasteiger partial charge in [-0.1, -0.05) is 0 Å². The van der Waals surface area contributed by atoms with E-state index < -0.39 is 11.9 Å². The first-order chi connectivity index (χ1) is 10.1. The topological polar surface area (TPSA) is 63.2 Å². The van der Waals surface area contributed by atoms with Gasteiger partial charge >= 0.3 is 5.79 Å². The number of ether oxygens (including phenoxy) is 5. The summed E-state index contributed by atoms with van der Waals surface area (Å²) in [6.45, 7) is 0. The van der Waals surface area contributed by atoms with Crippen LogP contribution in [0.25, 0.3) is 0 Å². The van der Waals surface area contributed by atoms with Crippen molar-refractivity contribution in [3.8, 4) is 17.2 Å². The lowest BCUT2D eigenvalue weighted by Gasteiger charge is -2.43. The fourth-order valence-electron chi connectivity index (χ4n) is 2.54. The van der Waals surface area contributed by atoms with E-state index in [-0.39, 0.29) is 5.78 Å². The predicted molar refractivity (Wildman–Crippen MR) is 72.5 cm³/mol. The lowest BCUT2D eigenvalue weighted by Crippen LogP contribution is -2.61. The van der Waals surface area contributed by atoms with Crippen molar-refractivity contribution in [2.24, 2.45) is 0 Å². The molecule has 1 aromatic carbocycles. The average Bonchev–Trinajstić information content (AvgIpc) is 2.52. The van der Waals surface area contributed by atoms with Gasteiger partial charge in [-0.3, -0.25) is 4.79 Å². The van der Waals surface area contributed by atoms with Crippen LogP contribution in [0, 0.1) is 0 Å². The van der Waals surface area contributed by atoms with Gasteiger partial charge in [0.25, 0.3) is 0 Å². The van der Waals surface area contributed by atoms with Crippen molar-refractivity contribution in [2.45, 2.75) is 18.3 Å². The molecule has 21 heavy (non-hydrogen) atoms. The summed E-state index contributed by atoms with van der Waals surface area (Å²) in [5.41, 5.74) is 0. The molecular formula is C15H16O6. The third kappa shape index (κ3) is 2.03. The average molecular weight is 292 g/mol. The summed E-state index contributed by atoms with van der Waals surface area (Å²) >= 11 is 0.